The lowest BCUT2D eigenvalue weighted by molar-refractivity contribution is 0.287. The first-order valence-corrected chi connectivity index (χ1v) is 10.0. The Kier molecular flexibility index (Phi) is 4.44. The highest BCUT2D eigenvalue weighted by Gasteiger charge is 2.32. The van der Waals surface area contributed by atoms with Crippen LogP contribution in [0.3, 0.4) is 0 Å². The summed E-state index contributed by atoms with van der Waals surface area (Å²) in [7, 11) is -2.61. The van der Waals surface area contributed by atoms with Gasteiger partial charge in [-0.1, -0.05) is 19.1 Å². The van der Waals surface area contributed by atoms with Crippen LogP contribution >= 0.6 is 10.7 Å². The molecule has 0 aromatic heterocycles. The molecule has 5 nitrogen and oxygen atoms in total. The minimum Gasteiger partial charge on any atom is -0.207 e. The van der Waals surface area contributed by atoms with Crippen LogP contribution in [0, 0.1) is 5.92 Å². The highest BCUT2D eigenvalue weighted by Crippen LogP contribution is 2.29. The maximum absolute atomic E-state index is 12.6. The quantitative estimate of drug-likeness (QED) is 0.791. The van der Waals surface area contributed by atoms with Crippen LogP contribution < -0.4 is 0 Å². The molecule has 20 heavy (non-hydrogen) atoms. The predicted molar refractivity (Wildman–Crippen MR) is 76.6 cm³/mol. The van der Waals surface area contributed by atoms with Gasteiger partial charge in [0.2, 0.25) is 10.0 Å². The second kappa shape index (κ2) is 5.63. The van der Waals surface area contributed by atoms with Crippen molar-refractivity contribution in [1.82, 2.24) is 4.31 Å². The van der Waals surface area contributed by atoms with Crippen LogP contribution in [0.1, 0.15) is 19.8 Å². The molecule has 0 spiro atoms. The maximum Gasteiger partial charge on any atom is 0.262 e. The largest absolute Gasteiger partial charge is 0.262 e. The zero-order chi connectivity index (χ0) is 15.0. The lowest BCUT2D eigenvalue weighted by atomic mass is 10.0. The molecule has 0 saturated carbocycles. The molecular weight excluding hydrogens is 322 g/mol. The molecule has 1 aliphatic rings. The second-order valence-corrected chi connectivity index (χ2v) is 9.41. The van der Waals surface area contributed by atoms with Crippen molar-refractivity contribution in [3.05, 3.63) is 24.3 Å². The fraction of sp³-hybridized carbons (Fsp3) is 0.500. The Hall–Kier alpha value is -0.630. The number of hydrogen-bond donors (Lipinski definition) is 0. The monoisotopic (exact) mass is 337 g/mol. The van der Waals surface area contributed by atoms with Gasteiger partial charge in [-0.3, -0.25) is 0 Å². The van der Waals surface area contributed by atoms with Crippen LogP contribution in [0.2, 0.25) is 0 Å². The summed E-state index contributed by atoms with van der Waals surface area (Å²) in [6, 6.07) is 5.43. The fourth-order valence-corrected chi connectivity index (χ4v) is 5.51. The summed E-state index contributed by atoms with van der Waals surface area (Å²) in [6.45, 7) is 2.88. The molecule has 1 heterocycles. The number of nitrogens with zero attached hydrogens (tertiary/aromatic N) is 1. The smallest absolute Gasteiger partial charge is 0.207 e. The van der Waals surface area contributed by atoms with Crippen LogP contribution in [-0.4, -0.2) is 34.2 Å². The first-order chi connectivity index (χ1) is 9.23. The number of halogens is 1. The molecule has 1 aromatic carbocycles. The van der Waals surface area contributed by atoms with Gasteiger partial charge in [0.25, 0.3) is 9.05 Å². The molecule has 0 atom stereocenters. The van der Waals surface area contributed by atoms with Gasteiger partial charge in [0.05, 0.1) is 0 Å². The van der Waals surface area contributed by atoms with Gasteiger partial charge in [-0.15, -0.1) is 0 Å². The van der Waals surface area contributed by atoms with E-state index in [0.717, 1.165) is 12.8 Å². The third kappa shape index (κ3) is 3.16. The van der Waals surface area contributed by atoms with Gasteiger partial charge in [0.1, 0.15) is 9.79 Å². The van der Waals surface area contributed by atoms with Crippen molar-refractivity contribution in [1.29, 1.82) is 0 Å². The molecule has 0 N–H and O–H groups in total. The molecule has 0 unspecified atom stereocenters. The highest BCUT2D eigenvalue weighted by atomic mass is 35.7. The van der Waals surface area contributed by atoms with Gasteiger partial charge in [-0.25, -0.2) is 16.8 Å². The standard InChI is InChI=1S/C12H16ClNO4S2/c1-10-6-8-14(9-7-10)20(17,18)12-5-3-2-4-11(12)19(13,15)16/h2-5,10H,6-9H2,1H3. The Labute approximate surface area is 124 Å². The van der Waals surface area contributed by atoms with Crippen LogP contribution in [0.4, 0.5) is 0 Å². The zero-order valence-electron chi connectivity index (χ0n) is 11.0. The summed E-state index contributed by atoms with van der Waals surface area (Å²) < 4.78 is 49.5. The minimum atomic E-state index is -4.10. The van der Waals surface area contributed by atoms with Gasteiger partial charge in [0.15, 0.2) is 0 Å². The Bertz CT molecular complexity index is 692. The van der Waals surface area contributed by atoms with E-state index < -0.39 is 19.1 Å². The zero-order valence-corrected chi connectivity index (χ0v) is 13.4. The lowest BCUT2D eigenvalue weighted by Crippen LogP contribution is -2.38. The van der Waals surface area contributed by atoms with Gasteiger partial charge >= 0.3 is 0 Å². The van der Waals surface area contributed by atoms with Crippen molar-refractivity contribution in [2.45, 2.75) is 29.6 Å². The summed E-state index contributed by atoms with van der Waals surface area (Å²) in [5.41, 5.74) is 0. The Morgan fingerprint density at radius 1 is 1.05 bits per heavy atom. The van der Waals surface area contributed by atoms with Gasteiger partial charge in [-0.2, -0.15) is 4.31 Å². The molecule has 0 bridgehead atoms. The van der Waals surface area contributed by atoms with Crippen molar-refractivity contribution in [3.63, 3.8) is 0 Å². The lowest BCUT2D eigenvalue weighted by Gasteiger charge is -2.29. The Morgan fingerprint density at radius 3 is 2.05 bits per heavy atom. The normalized spacial score (nSPS) is 19.1. The SMILES string of the molecule is CC1CCN(S(=O)(=O)c2ccccc2S(=O)(=O)Cl)CC1. The second-order valence-electron chi connectivity index (χ2n) is 4.97. The summed E-state index contributed by atoms with van der Waals surface area (Å²) >= 11 is 0. The molecule has 1 saturated heterocycles. The Balaban J connectivity index is 2.46. The predicted octanol–water partition coefficient (Wildman–Crippen LogP) is 2.03. The Morgan fingerprint density at radius 2 is 1.55 bits per heavy atom. The van der Waals surface area contributed by atoms with E-state index in [0.29, 0.717) is 19.0 Å². The minimum absolute atomic E-state index is 0.246. The number of rotatable bonds is 3. The molecule has 112 valence electrons. The molecule has 8 heteroatoms. The molecule has 1 fully saturated rings. The van der Waals surface area contributed by atoms with Crippen molar-refractivity contribution < 1.29 is 16.8 Å². The summed E-state index contributed by atoms with van der Waals surface area (Å²) in [5, 5.41) is 0. The van der Waals surface area contributed by atoms with E-state index >= 15 is 0 Å². The first-order valence-electron chi connectivity index (χ1n) is 6.27. The van der Waals surface area contributed by atoms with Crippen molar-refractivity contribution in [2.24, 2.45) is 5.92 Å². The van der Waals surface area contributed by atoms with Crippen molar-refractivity contribution in [3.8, 4) is 0 Å². The van der Waals surface area contributed by atoms with Crippen molar-refractivity contribution >= 4 is 29.8 Å². The number of hydrogen-bond acceptors (Lipinski definition) is 4. The third-order valence-electron chi connectivity index (χ3n) is 3.47. The summed E-state index contributed by atoms with van der Waals surface area (Å²) in [6.07, 6.45) is 1.55. The molecular formula is C12H16ClNO4S2. The average molecular weight is 338 g/mol. The molecule has 2 rings (SSSR count). The van der Waals surface area contributed by atoms with Gasteiger partial charge in [-0.05, 0) is 30.9 Å². The average Bonchev–Trinajstić information content (AvgIpc) is 2.38. The van der Waals surface area contributed by atoms with E-state index in [4.69, 9.17) is 10.7 Å². The molecule has 0 aliphatic carbocycles. The summed E-state index contributed by atoms with van der Waals surface area (Å²) in [4.78, 5) is -0.607. The van der Waals surface area contributed by atoms with Crippen molar-refractivity contribution in [2.75, 3.05) is 13.1 Å². The molecule has 0 radical (unpaired) electrons. The molecule has 1 aromatic rings. The van der Waals surface area contributed by atoms with Crippen LogP contribution in [0.5, 0.6) is 0 Å². The number of sulfonamides is 1. The summed E-state index contributed by atoms with van der Waals surface area (Å²) in [5.74, 6) is 0.480. The van der Waals surface area contributed by atoms with E-state index in [1.165, 1.54) is 28.6 Å². The topological polar surface area (TPSA) is 71.5 Å². The van der Waals surface area contributed by atoms with E-state index in [2.05, 4.69) is 6.92 Å². The first kappa shape index (κ1) is 15.8. The van der Waals surface area contributed by atoms with E-state index in [9.17, 15) is 16.8 Å². The van der Waals surface area contributed by atoms with E-state index in [1.807, 2.05) is 0 Å². The van der Waals surface area contributed by atoms with E-state index in [1.54, 1.807) is 0 Å². The van der Waals surface area contributed by atoms with Gasteiger partial charge < -0.3 is 0 Å². The van der Waals surface area contributed by atoms with E-state index in [-0.39, 0.29) is 9.79 Å². The fourth-order valence-electron chi connectivity index (χ4n) is 2.23. The van der Waals surface area contributed by atoms with Crippen LogP contribution in [-0.2, 0) is 19.1 Å². The maximum atomic E-state index is 12.6. The van der Waals surface area contributed by atoms with Crippen LogP contribution in [0.25, 0.3) is 0 Å². The molecule has 0 amide bonds. The molecule has 1 aliphatic heterocycles. The highest BCUT2D eigenvalue weighted by molar-refractivity contribution is 8.14. The number of piperidine rings is 1. The van der Waals surface area contributed by atoms with Crippen LogP contribution in [0.15, 0.2) is 34.1 Å². The van der Waals surface area contributed by atoms with Gasteiger partial charge in [0, 0.05) is 23.8 Å². The number of benzene rings is 1. The third-order valence-corrected chi connectivity index (χ3v) is 6.94.